The van der Waals surface area contributed by atoms with Gasteiger partial charge in [0, 0.05) is 19.6 Å². The Labute approximate surface area is 148 Å². The zero-order valence-electron chi connectivity index (χ0n) is 15.1. The number of nitrogens with zero attached hydrogens (tertiary/aromatic N) is 1. The molecule has 3 rings (SSSR count). The normalized spacial score (nSPS) is 24.4. The van der Waals surface area contributed by atoms with Crippen LogP contribution in [0.2, 0.25) is 0 Å². The van der Waals surface area contributed by atoms with Crippen molar-refractivity contribution in [3.8, 4) is 5.75 Å². The largest absolute Gasteiger partial charge is 0.497 e. The van der Waals surface area contributed by atoms with Gasteiger partial charge in [0.25, 0.3) is 0 Å². The molecule has 25 heavy (non-hydrogen) atoms. The molecule has 1 aliphatic heterocycles. The van der Waals surface area contributed by atoms with E-state index in [-0.39, 0.29) is 17.4 Å². The molecular weight excluding hydrogens is 320 g/mol. The van der Waals surface area contributed by atoms with Crippen molar-refractivity contribution in [3.05, 3.63) is 29.8 Å². The summed E-state index contributed by atoms with van der Waals surface area (Å²) in [5.41, 5.74) is 0.408. The van der Waals surface area contributed by atoms with Crippen LogP contribution in [0, 0.1) is 5.41 Å². The maximum Gasteiger partial charge on any atom is 0.409 e. The van der Waals surface area contributed by atoms with E-state index in [1.807, 2.05) is 24.3 Å². The maximum absolute atomic E-state index is 12.9. The smallest absolute Gasteiger partial charge is 0.409 e. The number of hydrogen-bond donors (Lipinski definition) is 1. The van der Waals surface area contributed by atoms with Crippen molar-refractivity contribution >= 4 is 12.0 Å². The summed E-state index contributed by atoms with van der Waals surface area (Å²) in [7, 11) is 1.63. The molecule has 6 nitrogen and oxygen atoms in total. The third-order valence-corrected chi connectivity index (χ3v) is 5.43. The number of rotatable bonds is 6. The van der Waals surface area contributed by atoms with E-state index < -0.39 is 5.41 Å². The zero-order chi connectivity index (χ0) is 18.1. The first-order valence-electron chi connectivity index (χ1n) is 8.75. The third kappa shape index (κ3) is 3.17. The third-order valence-electron chi connectivity index (χ3n) is 5.43. The fourth-order valence-electron chi connectivity index (χ4n) is 3.76. The lowest BCUT2D eigenvalue weighted by atomic mass is 9.87. The second-order valence-corrected chi connectivity index (χ2v) is 7.41. The predicted molar refractivity (Wildman–Crippen MR) is 93.6 cm³/mol. The Morgan fingerprint density at radius 1 is 1.32 bits per heavy atom. The van der Waals surface area contributed by atoms with E-state index in [4.69, 9.17) is 9.47 Å². The molecule has 6 heteroatoms. The van der Waals surface area contributed by atoms with Gasteiger partial charge in [-0.2, -0.15) is 0 Å². The van der Waals surface area contributed by atoms with E-state index in [2.05, 4.69) is 19.2 Å². The van der Waals surface area contributed by atoms with E-state index >= 15 is 0 Å². The van der Waals surface area contributed by atoms with Crippen LogP contribution in [0.1, 0.15) is 32.3 Å². The Morgan fingerprint density at radius 3 is 2.56 bits per heavy atom. The minimum Gasteiger partial charge on any atom is -0.497 e. The highest BCUT2D eigenvalue weighted by molar-refractivity contribution is 5.93. The van der Waals surface area contributed by atoms with Crippen LogP contribution in [0.15, 0.2) is 24.3 Å². The van der Waals surface area contributed by atoms with Gasteiger partial charge in [-0.3, -0.25) is 4.79 Å². The topological polar surface area (TPSA) is 67.9 Å². The standard InChI is InChI=1S/C19H26N2O4/c1-18(2)13-19(18,14-5-7-15(24-3)8-6-14)16(22)20-9-11-21-10-4-12-25-17(21)23/h5-8H,4,9-13H2,1-3H3,(H,20,22)/t19-/m1/s1. The SMILES string of the molecule is COc1ccc([C@@]2(C(=O)NCCN3CCCOC3=O)CC2(C)C)cc1. The van der Waals surface area contributed by atoms with E-state index in [0.717, 1.165) is 24.2 Å². The van der Waals surface area contributed by atoms with Crippen LogP contribution < -0.4 is 10.1 Å². The van der Waals surface area contributed by atoms with Crippen molar-refractivity contribution in [2.75, 3.05) is 33.4 Å². The van der Waals surface area contributed by atoms with Crippen LogP contribution in [0.25, 0.3) is 0 Å². The van der Waals surface area contributed by atoms with Crippen LogP contribution in [0.3, 0.4) is 0 Å². The number of hydrogen-bond acceptors (Lipinski definition) is 4. The summed E-state index contributed by atoms with van der Waals surface area (Å²) >= 11 is 0. The molecule has 0 radical (unpaired) electrons. The monoisotopic (exact) mass is 346 g/mol. The molecule has 1 saturated heterocycles. The van der Waals surface area contributed by atoms with E-state index in [0.29, 0.717) is 26.2 Å². The van der Waals surface area contributed by atoms with Gasteiger partial charge in [-0.05, 0) is 36.0 Å². The molecule has 1 atom stereocenters. The molecule has 0 bridgehead atoms. The number of nitrogens with one attached hydrogen (secondary N) is 1. The van der Waals surface area contributed by atoms with Crippen LogP contribution in [0.5, 0.6) is 5.75 Å². The zero-order valence-corrected chi connectivity index (χ0v) is 15.1. The number of carbonyl (C=O) groups excluding carboxylic acids is 2. The lowest BCUT2D eigenvalue weighted by Crippen LogP contribution is -2.45. The molecule has 0 aromatic heterocycles. The average molecular weight is 346 g/mol. The van der Waals surface area contributed by atoms with Crippen LogP contribution in [-0.2, 0) is 14.9 Å². The van der Waals surface area contributed by atoms with Crippen molar-refractivity contribution in [3.63, 3.8) is 0 Å². The Hall–Kier alpha value is -2.24. The lowest BCUT2D eigenvalue weighted by molar-refractivity contribution is -0.124. The number of carbonyl (C=O) groups is 2. The van der Waals surface area contributed by atoms with Gasteiger partial charge in [-0.25, -0.2) is 4.79 Å². The molecular formula is C19H26N2O4. The van der Waals surface area contributed by atoms with Crippen molar-refractivity contribution < 1.29 is 19.1 Å². The second-order valence-electron chi connectivity index (χ2n) is 7.41. The minimum absolute atomic E-state index is 0.0213. The number of methoxy groups -OCH3 is 1. The van der Waals surface area contributed by atoms with Crippen LogP contribution in [0.4, 0.5) is 4.79 Å². The highest BCUT2D eigenvalue weighted by Crippen LogP contribution is 2.64. The van der Waals surface area contributed by atoms with Gasteiger partial charge >= 0.3 is 6.09 Å². The molecule has 1 heterocycles. The number of ether oxygens (including phenoxy) is 2. The fourth-order valence-corrected chi connectivity index (χ4v) is 3.76. The predicted octanol–water partition coefficient (Wildman–Crippen LogP) is 2.32. The molecule has 2 amide bonds. The van der Waals surface area contributed by atoms with Crippen LogP contribution >= 0.6 is 0 Å². The first-order valence-corrected chi connectivity index (χ1v) is 8.75. The van der Waals surface area contributed by atoms with Gasteiger partial charge < -0.3 is 19.7 Å². The molecule has 1 N–H and O–H groups in total. The van der Waals surface area contributed by atoms with E-state index in [1.165, 1.54) is 0 Å². The molecule has 136 valence electrons. The van der Waals surface area contributed by atoms with Crippen molar-refractivity contribution in [2.24, 2.45) is 5.41 Å². The van der Waals surface area contributed by atoms with E-state index in [1.54, 1.807) is 12.0 Å². The molecule has 0 spiro atoms. The summed E-state index contributed by atoms with van der Waals surface area (Å²) in [5.74, 6) is 0.800. The summed E-state index contributed by atoms with van der Waals surface area (Å²) in [4.78, 5) is 26.2. The number of cyclic esters (lactones) is 1. The summed E-state index contributed by atoms with van der Waals surface area (Å²) in [6.07, 6.45) is 1.35. The molecule has 1 aromatic carbocycles. The molecule has 1 aromatic rings. The number of benzene rings is 1. The highest BCUT2D eigenvalue weighted by atomic mass is 16.6. The molecule has 2 fully saturated rings. The molecule has 2 aliphatic rings. The first-order chi connectivity index (χ1) is 11.9. The summed E-state index contributed by atoms with van der Waals surface area (Å²) in [6, 6.07) is 7.72. The minimum atomic E-state index is -0.512. The molecule has 1 saturated carbocycles. The van der Waals surface area contributed by atoms with Gasteiger partial charge in [0.2, 0.25) is 5.91 Å². The fraction of sp³-hybridized carbons (Fsp3) is 0.579. The summed E-state index contributed by atoms with van der Waals surface area (Å²) < 4.78 is 10.2. The van der Waals surface area contributed by atoms with Crippen molar-refractivity contribution in [1.29, 1.82) is 0 Å². The van der Waals surface area contributed by atoms with Crippen molar-refractivity contribution in [1.82, 2.24) is 10.2 Å². The van der Waals surface area contributed by atoms with Gasteiger partial charge in [-0.1, -0.05) is 26.0 Å². The van der Waals surface area contributed by atoms with Gasteiger partial charge in [0.1, 0.15) is 5.75 Å². The molecule has 0 unspecified atom stereocenters. The number of amides is 2. The highest BCUT2D eigenvalue weighted by Gasteiger charge is 2.66. The van der Waals surface area contributed by atoms with Gasteiger partial charge in [-0.15, -0.1) is 0 Å². The summed E-state index contributed by atoms with van der Waals surface area (Å²) in [6.45, 7) is 6.30. The first kappa shape index (κ1) is 17.6. The van der Waals surface area contributed by atoms with Gasteiger partial charge in [0.05, 0.1) is 19.1 Å². The van der Waals surface area contributed by atoms with Crippen LogP contribution in [-0.4, -0.2) is 50.3 Å². The second kappa shape index (κ2) is 6.58. The maximum atomic E-state index is 12.9. The quantitative estimate of drug-likeness (QED) is 0.858. The Kier molecular flexibility index (Phi) is 4.62. The molecule has 1 aliphatic carbocycles. The average Bonchev–Trinajstić information content (AvgIpc) is 3.20. The Bertz CT molecular complexity index is 656. The summed E-state index contributed by atoms with van der Waals surface area (Å²) in [5, 5.41) is 3.02. The Balaban J connectivity index is 1.64. The lowest BCUT2D eigenvalue weighted by Gasteiger charge is -2.27. The Morgan fingerprint density at radius 2 is 2.00 bits per heavy atom. The van der Waals surface area contributed by atoms with Gasteiger partial charge in [0.15, 0.2) is 0 Å². The van der Waals surface area contributed by atoms with E-state index in [9.17, 15) is 9.59 Å². The van der Waals surface area contributed by atoms with Crippen molar-refractivity contribution in [2.45, 2.75) is 32.1 Å².